The van der Waals surface area contributed by atoms with Crippen molar-refractivity contribution >= 4 is 28.9 Å². The molecule has 0 bridgehead atoms. The van der Waals surface area contributed by atoms with Crippen LogP contribution in [0.15, 0.2) is 42.5 Å². The van der Waals surface area contributed by atoms with Crippen molar-refractivity contribution in [2.75, 3.05) is 10.6 Å². The number of amides is 1. The van der Waals surface area contributed by atoms with Gasteiger partial charge in [0, 0.05) is 18.7 Å². The first kappa shape index (κ1) is 16.3. The number of hydrogen-bond donors (Lipinski definition) is 3. The fourth-order valence-corrected chi connectivity index (χ4v) is 2.43. The number of aliphatic hydroxyl groups is 1. The third-order valence-corrected chi connectivity index (χ3v) is 3.61. The summed E-state index contributed by atoms with van der Waals surface area (Å²) < 4.78 is 0. The van der Waals surface area contributed by atoms with Crippen LogP contribution in [0.4, 0.5) is 11.4 Å². The van der Waals surface area contributed by atoms with E-state index in [0.717, 1.165) is 16.8 Å². The second-order valence-electron chi connectivity index (χ2n) is 5.14. The summed E-state index contributed by atoms with van der Waals surface area (Å²) in [6, 6.07) is 13.1. The van der Waals surface area contributed by atoms with Gasteiger partial charge in [-0.25, -0.2) is 0 Å². The molecule has 3 N–H and O–H groups in total. The van der Waals surface area contributed by atoms with Crippen LogP contribution in [0.3, 0.4) is 0 Å². The van der Waals surface area contributed by atoms with E-state index < -0.39 is 0 Å². The van der Waals surface area contributed by atoms with E-state index in [1.165, 1.54) is 6.92 Å². The molecular weight excluding hydrogens is 300 g/mol. The molecule has 0 saturated carbocycles. The second-order valence-corrected chi connectivity index (χ2v) is 5.55. The summed E-state index contributed by atoms with van der Waals surface area (Å²) in [4.78, 5) is 11.0. The van der Waals surface area contributed by atoms with E-state index in [1.807, 2.05) is 37.3 Å². The van der Waals surface area contributed by atoms with E-state index in [-0.39, 0.29) is 18.6 Å². The minimum Gasteiger partial charge on any atom is -0.392 e. The molecular formula is C17H19ClN2O2. The van der Waals surface area contributed by atoms with Gasteiger partial charge in [-0.15, -0.1) is 0 Å². The Morgan fingerprint density at radius 1 is 1.27 bits per heavy atom. The summed E-state index contributed by atoms with van der Waals surface area (Å²) in [5.41, 5.74) is 3.39. The number of aliphatic hydroxyl groups excluding tert-OH is 1. The predicted octanol–water partition coefficient (Wildman–Crippen LogP) is 3.96. The molecule has 0 aromatic heterocycles. The fraction of sp³-hybridized carbons (Fsp3) is 0.235. The molecule has 0 fully saturated rings. The Morgan fingerprint density at radius 2 is 2.05 bits per heavy atom. The van der Waals surface area contributed by atoms with Crippen LogP contribution in [0.2, 0.25) is 5.02 Å². The van der Waals surface area contributed by atoms with Crippen LogP contribution in [0.25, 0.3) is 0 Å². The molecule has 0 saturated heterocycles. The van der Waals surface area contributed by atoms with Crippen molar-refractivity contribution in [2.45, 2.75) is 26.5 Å². The average Bonchev–Trinajstić information content (AvgIpc) is 2.49. The number of benzene rings is 2. The van der Waals surface area contributed by atoms with E-state index in [1.54, 1.807) is 12.1 Å². The molecule has 1 amide bonds. The molecule has 2 rings (SSSR count). The first-order valence-corrected chi connectivity index (χ1v) is 7.40. The number of nitrogens with one attached hydrogen (secondary N) is 2. The summed E-state index contributed by atoms with van der Waals surface area (Å²) in [7, 11) is 0. The lowest BCUT2D eigenvalue weighted by Crippen LogP contribution is -2.09. The van der Waals surface area contributed by atoms with Crippen molar-refractivity contribution in [3.8, 4) is 0 Å². The van der Waals surface area contributed by atoms with E-state index in [4.69, 9.17) is 11.6 Å². The minimum atomic E-state index is -0.133. The summed E-state index contributed by atoms with van der Waals surface area (Å²) in [6.45, 7) is 3.50. The van der Waals surface area contributed by atoms with Gasteiger partial charge < -0.3 is 15.7 Å². The quantitative estimate of drug-likeness (QED) is 0.782. The van der Waals surface area contributed by atoms with Gasteiger partial charge in [-0.1, -0.05) is 35.9 Å². The normalized spacial score (nSPS) is 11.8. The molecule has 1 atom stereocenters. The van der Waals surface area contributed by atoms with Crippen molar-refractivity contribution in [1.82, 2.24) is 0 Å². The van der Waals surface area contributed by atoms with Crippen LogP contribution < -0.4 is 10.6 Å². The minimum absolute atomic E-state index is 0.0206. The Hall–Kier alpha value is -2.04. The SMILES string of the molecule is CC(=O)Nc1ccc(NC(C)c2cccc(CO)c2)c(Cl)c1. The largest absolute Gasteiger partial charge is 0.392 e. The van der Waals surface area contributed by atoms with Gasteiger partial charge in [0.05, 0.1) is 17.3 Å². The lowest BCUT2D eigenvalue weighted by Gasteiger charge is -2.18. The van der Waals surface area contributed by atoms with Crippen LogP contribution in [0.1, 0.15) is 31.0 Å². The Balaban J connectivity index is 2.14. The number of carbonyl (C=O) groups is 1. The molecule has 0 aliphatic carbocycles. The standard InChI is InChI=1S/C17H19ClN2O2/c1-11(14-5-3-4-13(8-14)10-21)19-17-7-6-15(9-16(17)18)20-12(2)22/h3-9,11,19,21H,10H2,1-2H3,(H,20,22). The Kier molecular flexibility index (Phi) is 5.41. The highest BCUT2D eigenvalue weighted by molar-refractivity contribution is 6.33. The topological polar surface area (TPSA) is 61.4 Å². The molecule has 22 heavy (non-hydrogen) atoms. The van der Waals surface area contributed by atoms with Gasteiger partial charge in [-0.2, -0.15) is 0 Å². The highest BCUT2D eigenvalue weighted by atomic mass is 35.5. The molecule has 116 valence electrons. The predicted molar refractivity (Wildman–Crippen MR) is 90.2 cm³/mol. The van der Waals surface area contributed by atoms with Crippen molar-refractivity contribution < 1.29 is 9.90 Å². The monoisotopic (exact) mass is 318 g/mol. The van der Waals surface area contributed by atoms with Gasteiger partial charge in [-0.05, 0) is 36.2 Å². The van der Waals surface area contributed by atoms with Gasteiger partial charge in [0.1, 0.15) is 0 Å². The van der Waals surface area contributed by atoms with Crippen LogP contribution in [-0.2, 0) is 11.4 Å². The Labute approximate surface area is 135 Å². The molecule has 0 spiro atoms. The smallest absolute Gasteiger partial charge is 0.221 e. The van der Waals surface area contributed by atoms with Crippen LogP contribution in [0, 0.1) is 0 Å². The second kappa shape index (κ2) is 7.29. The molecule has 4 nitrogen and oxygen atoms in total. The summed E-state index contributed by atoms with van der Waals surface area (Å²) in [6.07, 6.45) is 0. The molecule has 2 aromatic rings. The molecule has 1 unspecified atom stereocenters. The molecule has 0 heterocycles. The number of halogens is 1. The number of hydrogen-bond acceptors (Lipinski definition) is 3. The lowest BCUT2D eigenvalue weighted by molar-refractivity contribution is -0.114. The zero-order valence-electron chi connectivity index (χ0n) is 12.6. The fourth-order valence-electron chi connectivity index (χ4n) is 2.19. The maximum Gasteiger partial charge on any atom is 0.221 e. The number of rotatable bonds is 5. The lowest BCUT2D eigenvalue weighted by atomic mass is 10.1. The first-order chi connectivity index (χ1) is 10.5. The number of carbonyl (C=O) groups excluding carboxylic acids is 1. The highest BCUT2D eigenvalue weighted by Gasteiger charge is 2.09. The van der Waals surface area contributed by atoms with Gasteiger partial charge >= 0.3 is 0 Å². The zero-order valence-corrected chi connectivity index (χ0v) is 13.3. The van der Waals surface area contributed by atoms with Crippen LogP contribution >= 0.6 is 11.6 Å². The maximum atomic E-state index is 11.0. The zero-order chi connectivity index (χ0) is 16.1. The summed E-state index contributed by atoms with van der Waals surface area (Å²) in [5.74, 6) is -0.133. The third kappa shape index (κ3) is 4.23. The average molecular weight is 319 g/mol. The van der Waals surface area contributed by atoms with E-state index in [2.05, 4.69) is 10.6 Å². The van der Waals surface area contributed by atoms with E-state index in [0.29, 0.717) is 10.7 Å². The van der Waals surface area contributed by atoms with Crippen molar-refractivity contribution in [3.63, 3.8) is 0 Å². The maximum absolute atomic E-state index is 11.0. The number of anilines is 2. The van der Waals surface area contributed by atoms with Gasteiger partial charge in [0.25, 0.3) is 0 Å². The van der Waals surface area contributed by atoms with Gasteiger partial charge in [0.15, 0.2) is 0 Å². The van der Waals surface area contributed by atoms with Gasteiger partial charge in [-0.3, -0.25) is 4.79 Å². The summed E-state index contributed by atoms with van der Waals surface area (Å²) >= 11 is 6.25. The molecule has 5 heteroatoms. The van der Waals surface area contributed by atoms with Crippen molar-refractivity contribution in [3.05, 3.63) is 58.6 Å². The van der Waals surface area contributed by atoms with E-state index in [9.17, 15) is 9.90 Å². The Morgan fingerprint density at radius 3 is 2.68 bits per heavy atom. The van der Waals surface area contributed by atoms with Crippen molar-refractivity contribution in [2.24, 2.45) is 0 Å². The van der Waals surface area contributed by atoms with Crippen molar-refractivity contribution in [1.29, 1.82) is 0 Å². The molecule has 0 aliphatic heterocycles. The Bertz CT molecular complexity index is 673. The van der Waals surface area contributed by atoms with Crippen LogP contribution in [-0.4, -0.2) is 11.0 Å². The molecule has 2 aromatic carbocycles. The highest BCUT2D eigenvalue weighted by Crippen LogP contribution is 2.29. The van der Waals surface area contributed by atoms with Crippen LogP contribution in [0.5, 0.6) is 0 Å². The first-order valence-electron chi connectivity index (χ1n) is 7.03. The van der Waals surface area contributed by atoms with E-state index >= 15 is 0 Å². The third-order valence-electron chi connectivity index (χ3n) is 3.30. The molecule has 0 radical (unpaired) electrons. The van der Waals surface area contributed by atoms with Gasteiger partial charge in [0.2, 0.25) is 5.91 Å². The molecule has 0 aliphatic rings. The summed E-state index contributed by atoms with van der Waals surface area (Å²) in [5, 5.41) is 15.8.